The first-order valence-corrected chi connectivity index (χ1v) is 7.02. The number of ether oxygens (including phenoxy) is 1. The summed E-state index contributed by atoms with van der Waals surface area (Å²) in [7, 11) is -4.89. The van der Waals surface area contributed by atoms with Gasteiger partial charge in [0, 0.05) is 0 Å². The van der Waals surface area contributed by atoms with Crippen LogP contribution in [-0.4, -0.2) is 14.8 Å². The van der Waals surface area contributed by atoms with Gasteiger partial charge in [-0.25, -0.2) is 0 Å². The molecule has 21 heavy (non-hydrogen) atoms. The van der Waals surface area contributed by atoms with Gasteiger partial charge < -0.3 is 4.74 Å². The Morgan fingerprint density at radius 1 is 0.810 bits per heavy atom. The van der Waals surface area contributed by atoms with Gasteiger partial charge in [0.1, 0.15) is 11.5 Å². The van der Waals surface area contributed by atoms with Crippen LogP contribution < -0.4 is 4.74 Å². The maximum atomic E-state index is 12.0. The monoisotopic (exact) mass is 318 g/mol. The van der Waals surface area contributed by atoms with E-state index in [1.54, 1.807) is 30.3 Å². The van der Waals surface area contributed by atoms with Crippen molar-refractivity contribution in [2.75, 3.05) is 0 Å². The molecule has 0 saturated heterocycles. The third-order valence-corrected chi connectivity index (χ3v) is 3.55. The number of para-hydroxylation sites is 1. The van der Waals surface area contributed by atoms with E-state index in [0.717, 1.165) is 12.1 Å². The van der Waals surface area contributed by atoms with Crippen molar-refractivity contribution in [3.63, 3.8) is 0 Å². The molecule has 8 heteroatoms. The molecule has 0 N–H and O–H groups in total. The van der Waals surface area contributed by atoms with Crippen LogP contribution in [0.1, 0.15) is 0 Å². The number of alkyl halides is 3. The zero-order valence-electron chi connectivity index (χ0n) is 10.4. The summed E-state index contributed by atoms with van der Waals surface area (Å²) in [5, 5.41) is 0. The van der Waals surface area contributed by atoms with Gasteiger partial charge in [-0.1, -0.05) is 18.2 Å². The second-order valence-corrected chi connectivity index (χ2v) is 5.42. The molecular formula is C13H9F3O4S. The van der Waals surface area contributed by atoms with Crippen LogP contribution >= 0.6 is 0 Å². The predicted octanol–water partition coefficient (Wildman–Crippen LogP) is 3.70. The maximum Gasteiger partial charge on any atom is 0.537 e. The standard InChI is InChI=1S/C13H9F3O4S/c14-13(15,16)20-21(17,18)12-8-6-11(7-9-12)19-10-4-2-1-3-5-10/h1-9H. The lowest BCUT2D eigenvalue weighted by Crippen LogP contribution is -2.19. The van der Waals surface area contributed by atoms with Gasteiger partial charge in [-0.15, -0.1) is 13.2 Å². The number of hydrogen-bond donors (Lipinski definition) is 0. The first kappa shape index (κ1) is 15.3. The SMILES string of the molecule is O=S(=O)(OC(F)(F)F)c1ccc(Oc2ccccc2)cc1. The Bertz CT molecular complexity index is 694. The second-order valence-electron chi connectivity index (χ2n) is 3.87. The minimum atomic E-state index is -5.27. The molecular weight excluding hydrogens is 309 g/mol. The lowest BCUT2D eigenvalue weighted by Gasteiger charge is -2.09. The second kappa shape index (κ2) is 5.74. The fourth-order valence-electron chi connectivity index (χ4n) is 1.47. The topological polar surface area (TPSA) is 52.6 Å². The van der Waals surface area contributed by atoms with Gasteiger partial charge in [-0.05, 0) is 36.4 Å². The highest BCUT2D eigenvalue weighted by molar-refractivity contribution is 7.86. The molecule has 0 aliphatic heterocycles. The molecule has 0 aliphatic rings. The third-order valence-electron chi connectivity index (χ3n) is 2.30. The molecule has 0 unspecified atom stereocenters. The minimum Gasteiger partial charge on any atom is -0.457 e. The van der Waals surface area contributed by atoms with Crippen LogP contribution in [-0.2, 0) is 14.3 Å². The Labute approximate surface area is 118 Å². The summed E-state index contributed by atoms with van der Waals surface area (Å²) < 4.78 is 67.1. The summed E-state index contributed by atoms with van der Waals surface area (Å²) in [6.45, 7) is 0. The number of rotatable bonds is 4. The van der Waals surface area contributed by atoms with Crippen molar-refractivity contribution in [1.82, 2.24) is 0 Å². The molecule has 0 bridgehead atoms. The molecule has 0 saturated carbocycles. The molecule has 2 aromatic rings. The average molecular weight is 318 g/mol. The number of halogens is 3. The van der Waals surface area contributed by atoms with Crippen molar-refractivity contribution in [3.8, 4) is 11.5 Å². The van der Waals surface area contributed by atoms with E-state index in [-0.39, 0.29) is 5.75 Å². The van der Waals surface area contributed by atoms with E-state index in [2.05, 4.69) is 4.18 Å². The third kappa shape index (κ3) is 4.47. The Morgan fingerprint density at radius 3 is 1.86 bits per heavy atom. The zero-order valence-corrected chi connectivity index (χ0v) is 11.2. The zero-order chi connectivity index (χ0) is 15.5. The lowest BCUT2D eigenvalue weighted by molar-refractivity contribution is -0.271. The molecule has 2 aromatic carbocycles. The highest BCUT2D eigenvalue weighted by atomic mass is 32.2. The van der Waals surface area contributed by atoms with E-state index in [1.807, 2.05) is 0 Å². The molecule has 0 radical (unpaired) electrons. The van der Waals surface area contributed by atoms with E-state index < -0.39 is 21.4 Å². The highest BCUT2D eigenvalue weighted by Crippen LogP contribution is 2.27. The Kier molecular flexibility index (Phi) is 4.19. The van der Waals surface area contributed by atoms with E-state index in [9.17, 15) is 21.6 Å². The Balaban J connectivity index is 2.16. The van der Waals surface area contributed by atoms with Crippen molar-refractivity contribution in [1.29, 1.82) is 0 Å². The van der Waals surface area contributed by atoms with Gasteiger partial charge in [0.05, 0.1) is 4.90 Å². The number of hydrogen-bond acceptors (Lipinski definition) is 4. The average Bonchev–Trinajstić information content (AvgIpc) is 2.38. The first-order valence-electron chi connectivity index (χ1n) is 5.62. The minimum absolute atomic E-state index is 0.284. The van der Waals surface area contributed by atoms with Gasteiger partial charge in [-0.2, -0.15) is 12.6 Å². The van der Waals surface area contributed by atoms with Crippen LogP contribution in [0.15, 0.2) is 59.5 Å². The van der Waals surface area contributed by atoms with Crippen molar-refractivity contribution in [2.24, 2.45) is 0 Å². The quantitative estimate of drug-likeness (QED) is 0.807. The largest absolute Gasteiger partial charge is 0.537 e. The number of benzene rings is 2. The van der Waals surface area contributed by atoms with E-state index >= 15 is 0 Å². The van der Waals surface area contributed by atoms with Crippen LogP contribution in [0.2, 0.25) is 0 Å². The van der Waals surface area contributed by atoms with Crippen LogP contribution in [0, 0.1) is 0 Å². The van der Waals surface area contributed by atoms with Gasteiger partial charge >= 0.3 is 16.5 Å². The first-order chi connectivity index (χ1) is 9.76. The summed E-state index contributed by atoms with van der Waals surface area (Å²) in [5.41, 5.74) is 0. The van der Waals surface area contributed by atoms with Crippen LogP contribution in [0.3, 0.4) is 0 Å². The predicted molar refractivity (Wildman–Crippen MR) is 67.3 cm³/mol. The Morgan fingerprint density at radius 2 is 1.33 bits per heavy atom. The van der Waals surface area contributed by atoms with Crippen molar-refractivity contribution < 1.29 is 30.5 Å². The van der Waals surface area contributed by atoms with Gasteiger partial charge in [0.15, 0.2) is 0 Å². The van der Waals surface area contributed by atoms with Crippen molar-refractivity contribution >= 4 is 10.1 Å². The lowest BCUT2D eigenvalue weighted by atomic mass is 10.3. The van der Waals surface area contributed by atoms with E-state index in [4.69, 9.17) is 4.74 Å². The molecule has 0 aromatic heterocycles. The van der Waals surface area contributed by atoms with Gasteiger partial charge in [0.25, 0.3) is 0 Å². The normalized spacial score (nSPS) is 12.1. The van der Waals surface area contributed by atoms with Crippen LogP contribution in [0.4, 0.5) is 13.2 Å². The highest BCUT2D eigenvalue weighted by Gasteiger charge is 2.37. The molecule has 0 amide bonds. The molecule has 0 atom stereocenters. The summed E-state index contributed by atoms with van der Waals surface area (Å²) in [5.74, 6) is 0.798. The molecule has 112 valence electrons. The fraction of sp³-hybridized carbons (Fsp3) is 0.0769. The fourth-order valence-corrected chi connectivity index (χ4v) is 2.29. The Hall–Kier alpha value is -2.06. The summed E-state index contributed by atoms with van der Waals surface area (Å²) in [6, 6.07) is 13.0. The van der Waals surface area contributed by atoms with Gasteiger partial charge in [0.2, 0.25) is 0 Å². The van der Waals surface area contributed by atoms with Crippen LogP contribution in [0.5, 0.6) is 11.5 Å². The molecule has 0 fully saturated rings. The maximum absolute atomic E-state index is 12.0. The smallest absolute Gasteiger partial charge is 0.457 e. The van der Waals surface area contributed by atoms with Crippen molar-refractivity contribution in [2.45, 2.75) is 11.3 Å². The van der Waals surface area contributed by atoms with E-state index in [1.165, 1.54) is 12.1 Å². The summed E-state index contributed by atoms with van der Waals surface area (Å²) >= 11 is 0. The summed E-state index contributed by atoms with van der Waals surface area (Å²) in [6.07, 6.45) is -5.27. The molecule has 0 spiro atoms. The molecule has 4 nitrogen and oxygen atoms in total. The van der Waals surface area contributed by atoms with E-state index in [0.29, 0.717) is 5.75 Å². The van der Waals surface area contributed by atoms with Gasteiger partial charge in [-0.3, -0.25) is 0 Å². The summed E-state index contributed by atoms with van der Waals surface area (Å²) in [4.78, 5) is -0.611. The molecule has 0 heterocycles. The van der Waals surface area contributed by atoms with Crippen molar-refractivity contribution in [3.05, 3.63) is 54.6 Å². The van der Waals surface area contributed by atoms with Crippen LogP contribution in [0.25, 0.3) is 0 Å². The molecule has 2 rings (SSSR count). The molecule has 0 aliphatic carbocycles.